The summed E-state index contributed by atoms with van der Waals surface area (Å²) in [7, 11) is 1.54. The average molecular weight is 383 g/mol. The normalized spacial score (nSPS) is 10.6. The topological polar surface area (TPSA) is 93.8 Å². The van der Waals surface area contributed by atoms with Gasteiger partial charge in [0.25, 0.3) is 0 Å². The van der Waals surface area contributed by atoms with Gasteiger partial charge in [-0.05, 0) is 31.2 Å². The fourth-order valence-electron chi connectivity index (χ4n) is 2.85. The minimum Gasteiger partial charge on any atom is -0.497 e. The molecule has 0 unspecified atom stereocenters. The Labute approximate surface area is 161 Å². The molecule has 0 bridgehead atoms. The summed E-state index contributed by atoms with van der Waals surface area (Å²) in [5, 5.41) is 2.74. The fraction of sp³-hybridized carbons (Fsp3) is 0.250. The molecular formula is C20H21N3O5. The summed E-state index contributed by atoms with van der Waals surface area (Å²) in [6, 6.07) is 13.8. The molecule has 146 valence electrons. The van der Waals surface area contributed by atoms with Crippen LogP contribution < -0.4 is 15.8 Å². The van der Waals surface area contributed by atoms with Crippen LogP contribution in [-0.4, -0.2) is 41.5 Å². The van der Waals surface area contributed by atoms with Crippen LogP contribution in [0.3, 0.4) is 0 Å². The molecule has 0 aliphatic heterocycles. The number of hydrogen-bond donors (Lipinski definition) is 1. The molecule has 0 aliphatic carbocycles. The van der Waals surface area contributed by atoms with Crippen LogP contribution in [0.4, 0.5) is 5.69 Å². The van der Waals surface area contributed by atoms with Gasteiger partial charge in [0.1, 0.15) is 12.3 Å². The van der Waals surface area contributed by atoms with E-state index in [9.17, 15) is 14.4 Å². The highest BCUT2D eigenvalue weighted by atomic mass is 16.5. The molecule has 1 aromatic heterocycles. The summed E-state index contributed by atoms with van der Waals surface area (Å²) in [6.45, 7) is 1.77. The number of carbonyl (C=O) groups is 2. The van der Waals surface area contributed by atoms with E-state index in [1.807, 2.05) is 0 Å². The number of para-hydroxylation sites is 2. The van der Waals surface area contributed by atoms with E-state index in [1.54, 1.807) is 62.6 Å². The maximum Gasteiger partial charge on any atom is 0.420 e. The van der Waals surface area contributed by atoms with E-state index >= 15 is 0 Å². The number of aromatic nitrogens is 1. The maximum atomic E-state index is 12.7. The first-order valence-corrected chi connectivity index (χ1v) is 8.82. The second kappa shape index (κ2) is 8.43. The SMILES string of the molecule is CCN(CC(=O)Nc1cccc(OC)c1)C(=O)Cn1c(=O)oc2ccccc21. The van der Waals surface area contributed by atoms with E-state index in [1.165, 1.54) is 9.47 Å². The smallest absolute Gasteiger partial charge is 0.420 e. The zero-order valence-corrected chi connectivity index (χ0v) is 15.7. The van der Waals surface area contributed by atoms with E-state index in [-0.39, 0.29) is 24.9 Å². The zero-order valence-electron chi connectivity index (χ0n) is 15.7. The molecule has 8 nitrogen and oxygen atoms in total. The summed E-state index contributed by atoms with van der Waals surface area (Å²) >= 11 is 0. The van der Waals surface area contributed by atoms with Crippen LogP contribution in [0.15, 0.2) is 57.7 Å². The van der Waals surface area contributed by atoms with Crippen LogP contribution in [-0.2, 0) is 16.1 Å². The number of hydrogen-bond acceptors (Lipinski definition) is 5. The number of fused-ring (bicyclic) bond motifs is 1. The lowest BCUT2D eigenvalue weighted by molar-refractivity contribution is -0.135. The van der Waals surface area contributed by atoms with Crippen molar-refractivity contribution in [3.63, 3.8) is 0 Å². The van der Waals surface area contributed by atoms with E-state index < -0.39 is 5.76 Å². The molecule has 3 aromatic rings. The van der Waals surface area contributed by atoms with Crippen LogP contribution >= 0.6 is 0 Å². The maximum absolute atomic E-state index is 12.7. The first kappa shape index (κ1) is 19.2. The second-order valence-corrected chi connectivity index (χ2v) is 6.11. The van der Waals surface area contributed by atoms with Crippen LogP contribution in [0, 0.1) is 0 Å². The quantitative estimate of drug-likeness (QED) is 0.674. The first-order chi connectivity index (χ1) is 13.5. The van der Waals surface area contributed by atoms with Gasteiger partial charge in [-0.2, -0.15) is 0 Å². The minimum atomic E-state index is -0.605. The number of benzene rings is 2. The third kappa shape index (κ3) is 4.22. The van der Waals surface area contributed by atoms with Gasteiger partial charge in [0.2, 0.25) is 11.8 Å². The molecular weight excluding hydrogens is 362 g/mol. The monoisotopic (exact) mass is 383 g/mol. The Balaban J connectivity index is 1.68. The number of methoxy groups -OCH3 is 1. The summed E-state index contributed by atoms with van der Waals surface area (Å²) < 4.78 is 11.5. The van der Waals surface area contributed by atoms with E-state index in [2.05, 4.69) is 5.32 Å². The Hall–Kier alpha value is -3.55. The summed E-state index contributed by atoms with van der Waals surface area (Å²) in [4.78, 5) is 38.4. The minimum absolute atomic E-state index is 0.128. The second-order valence-electron chi connectivity index (χ2n) is 6.11. The van der Waals surface area contributed by atoms with Crippen molar-refractivity contribution in [1.82, 2.24) is 9.47 Å². The van der Waals surface area contributed by atoms with Crippen molar-refractivity contribution in [2.24, 2.45) is 0 Å². The number of likely N-dealkylation sites (N-methyl/N-ethyl adjacent to an activating group) is 1. The Morgan fingerprint density at radius 1 is 1.18 bits per heavy atom. The predicted octanol–water partition coefficient (Wildman–Crippen LogP) is 2.09. The number of ether oxygens (including phenoxy) is 1. The molecule has 0 radical (unpaired) electrons. The van der Waals surface area contributed by atoms with Gasteiger partial charge in [-0.3, -0.25) is 14.2 Å². The number of oxazole rings is 1. The Morgan fingerprint density at radius 2 is 1.96 bits per heavy atom. The van der Waals surface area contributed by atoms with Gasteiger partial charge in [0, 0.05) is 18.3 Å². The summed E-state index contributed by atoms with van der Waals surface area (Å²) in [5.74, 6) is -0.677. The van der Waals surface area contributed by atoms with Crippen LogP contribution in [0.1, 0.15) is 6.92 Å². The van der Waals surface area contributed by atoms with Gasteiger partial charge in [0.15, 0.2) is 5.58 Å². The Morgan fingerprint density at radius 3 is 2.71 bits per heavy atom. The van der Waals surface area contributed by atoms with Gasteiger partial charge >= 0.3 is 5.76 Å². The largest absolute Gasteiger partial charge is 0.497 e. The molecule has 0 spiro atoms. The lowest BCUT2D eigenvalue weighted by Gasteiger charge is -2.20. The molecule has 0 saturated heterocycles. The van der Waals surface area contributed by atoms with Gasteiger partial charge in [-0.25, -0.2) is 4.79 Å². The van der Waals surface area contributed by atoms with Crippen molar-refractivity contribution in [2.75, 3.05) is 25.5 Å². The molecule has 0 saturated carbocycles. The van der Waals surface area contributed by atoms with Crippen molar-refractivity contribution in [3.05, 3.63) is 59.1 Å². The Kier molecular flexibility index (Phi) is 5.78. The molecule has 0 atom stereocenters. The lowest BCUT2D eigenvalue weighted by atomic mass is 10.3. The van der Waals surface area contributed by atoms with Gasteiger partial charge in [0.05, 0.1) is 19.2 Å². The lowest BCUT2D eigenvalue weighted by Crippen LogP contribution is -2.40. The zero-order chi connectivity index (χ0) is 20.1. The Bertz CT molecular complexity index is 1050. The third-order valence-electron chi connectivity index (χ3n) is 4.29. The molecule has 0 aliphatic rings. The van der Waals surface area contributed by atoms with Crippen molar-refractivity contribution in [3.8, 4) is 5.75 Å². The number of carbonyl (C=O) groups excluding carboxylic acids is 2. The van der Waals surface area contributed by atoms with E-state index in [0.29, 0.717) is 29.1 Å². The van der Waals surface area contributed by atoms with Gasteiger partial charge in [-0.15, -0.1) is 0 Å². The highest BCUT2D eigenvalue weighted by Crippen LogP contribution is 2.16. The fourth-order valence-corrected chi connectivity index (χ4v) is 2.85. The molecule has 2 aromatic carbocycles. The standard InChI is InChI=1S/C20H21N3O5/c1-3-22(12-18(24)21-14-7-6-8-15(11-14)27-2)19(25)13-23-16-9-4-5-10-17(16)28-20(23)26/h4-11H,3,12-13H2,1-2H3,(H,21,24). The van der Waals surface area contributed by atoms with Crippen molar-refractivity contribution >= 4 is 28.6 Å². The predicted molar refractivity (Wildman–Crippen MR) is 104 cm³/mol. The number of nitrogens with one attached hydrogen (secondary N) is 1. The number of amides is 2. The van der Waals surface area contributed by atoms with E-state index in [0.717, 1.165) is 0 Å². The van der Waals surface area contributed by atoms with Crippen LogP contribution in [0.2, 0.25) is 0 Å². The number of anilines is 1. The van der Waals surface area contributed by atoms with Gasteiger partial charge in [-0.1, -0.05) is 18.2 Å². The molecule has 3 rings (SSSR count). The molecule has 0 fully saturated rings. The molecule has 2 amide bonds. The molecule has 8 heteroatoms. The molecule has 28 heavy (non-hydrogen) atoms. The van der Waals surface area contributed by atoms with Gasteiger partial charge < -0.3 is 19.4 Å². The molecule has 1 N–H and O–H groups in total. The first-order valence-electron chi connectivity index (χ1n) is 8.82. The molecule has 1 heterocycles. The number of rotatable bonds is 7. The van der Waals surface area contributed by atoms with Crippen LogP contribution in [0.5, 0.6) is 5.75 Å². The van der Waals surface area contributed by atoms with Crippen LogP contribution in [0.25, 0.3) is 11.1 Å². The highest BCUT2D eigenvalue weighted by Gasteiger charge is 2.19. The van der Waals surface area contributed by atoms with E-state index in [4.69, 9.17) is 9.15 Å². The average Bonchev–Trinajstić information content (AvgIpc) is 3.01. The third-order valence-corrected chi connectivity index (χ3v) is 4.29. The van der Waals surface area contributed by atoms with Crippen molar-refractivity contribution < 1.29 is 18.7 Å². The van der Waals surface area contributed by atoms with Crippen molar-refractivity contribution in [1.29, 1.82) is 0 Å². The number of nitrogens with zero attached hydrogens (tertiary/aromatic N) is 2. The summed E-state index contributed by atoms with van der Waals surface area (Å²) in [6.07, 6.45) is 0. The van der Waals surface area contributed by atoms with Crippen molar-refractivity contribution in [2.45, 2.75) is 13.5 Å². The summed E-state index contributed by atoms with van der Waals surface area (Å²) in [5.41, 5.74) is 1.53. The highest BCUT2D eigenvalue weighted by molar-refractivity contribution is 5.94.